The highest BCUT2D eigenvalue weighted by Gasteiger charge is 2.34. The molecule has 5 amide bonds. The van der Waals surface area contributed by atoms with Gasteiger partial charge in [0.2, 0.25) is 23.6 Å². The van der Waals surface area contributed by atoms with Gasteiger partial charge < -0.3 is 52.8 Å². The van der Waals surface area contributed by atoms with Crippen molar-refractivity contribution in [3.63, 3.8) is 0 Å². The number of hydrogen-bond acceptors (Lipinski definition) is 10. The summed E-state index contributed by atoms with van der Waals surface area (Å²) in [6, 6.07) is 17.2. The first-order valence-electron chi connectivity index (χ1n) is 20.9. The zero-order valence-corrected chi connectivity index (χ0v) is 35.4. The average molecular weight is 830 g/mol. The predicted octanol–water partition coefficient (Wildman–Crippen LogP) is 2.33. The SMILES string of the molecule is CCCCc1ccc(-c2ccc(C(=O)N[C@@H](CCCCN)C(=O)N(C)[C@@H](Cc3ccc(O)cc3)C(=O)N[C@@H](C)C(=O)N[C@@H](CCCCN)C(=O)N[C@@H](C)B(O)O)cc2)cc1. The van der Waals surface area contributed by atoms with Gasteiger partial charge in [-0.15, -0.1) is 0 Å². The summed E-state index contributed by atoms with van der Waals surface area (Å²) < 4.78 is 0. The number of phenolic OH excluding ortho intramolecular Hbond substituents is 1. The Balaban J connectivity index is 1.82. The highest BCUT2D eigenvalue weighted by Crippen LogP contribution is 2.22. The van der Waals surface area contributed by atoms with E-state index < -0.39 is 66.8 Å². The van der Waals surface area contributed by atoms with Crippen LogP contribution in [0, 0.1) is 0 Å². The largest absolute Gasteiger partial charge is 0.508 e. The molecule has 0 fully saturated rings. The van der Waals surface area contributed by atoms with Crippen molar-refractivity contribution in [1.29, 1.82) is 0 Å². The number of likely N-dealkylation sites (N-methyl/N-ethyl adjacent to an activating group) is 1. The summed E-state index contributed by atoms with van der Waals surface area (Å²) >= 11 is 0. The zero-order valence-electron chi connectivity index (χ0n) is 35.4. The van der Waals surface area contributed by atoms with E-state index in [2.05, 4.69) is 52.5 Å². The molecule has 0 saturated carbocycles. The lowest BCUT2D eigenvalue weighted by molar-refractivity contribution is -0.141. The van der Waals surface area contributed by atoms with Crippen LogP contribution >= 0.6 is 0 Å². The molecule has 0 saturated heterocycles. The van der Waals surface area contributed by atoms with Gasteiger partial charge >= 0.3 is 7.12 Å². The van der Waals surface area contributed by atoms with Gasteiger partial charge in [-0.2, -0.15) is 0 Å². The Morgan fingerprint density at radius 2 is 1.22 bits per heavy atom. The number of phenols is 1. The first-order valence-corrected chi connectivity index (χ1v) is 20.9. The van der Waals surface area contributed by atoms with Crippen molar-refractivity contribution < 1.29 is 39.1 Å². The van der Waals surface area contributed by atoms with Crippen molar-refractivity contribution in [3.05, 3.63) is 89.5 Å². The van der Waals surface area contributed by atoms with Crippen molar-refractivity contribution >= 4 is 36.7 Å². The van der Waals surface area contributed by atoms with Gasteiger partial charge in [-0.05, 0) is 125 Å². The standard InChI is InChI=1S/C44H64BN7O8/c1-5-6-11-31-14-18-33(19-15-31)34-20-22-35(23-21-34)41(55)51-38(13-8-10-27-47)44(58)52(4)39(28-32-16-24-36(53)25-17-32)43(57)48-29(2)40(54)50-37(12-7-9-26-46)42(56)49-30(3)45(59)60/h14-25,29-30,37-39,53,59-60H,5-13,26-28,46-47H2,1-4H3,(H,48,57)(H,49,56)(H,50,54)(H,51,55)/t29-,30-,37-,38-,39-/m0/s1. The van der Waals surface area contributed by atoms with Crippen LogP contribution in [0.4, 0.5) is 0 Å². The zero-order chi connectivity index (χ0) is 44.2. The molecule has 3 aromatic rings. The molecule has 0 aliphatic heterocycles. The molecule has 326 valence electrons. The van der Waals surface area contributed by atoms with E-state index in [0.29, 0.717) is 49.9 Å². The molecule has 11 N–H and O–H groups in total. The fraction of sp³-hybridized carbons (Fsp3) is 0.477. The molecule has 16 heteroatoms. The Bertz CT molecular complexity index is 1810. The topological polar surface area (TPSA) is 249 Å². The molecule has 0 unspecified atom stereocenters. The quantitative estimate of drug-likeness (QED) is 0.0446. The Hall–Kier alpha value is -5.29. The van der Waals surface area contributed by atoms with Gasteiger partial charge in [-0.25, -0.2) is 0 Å². The van der Waals surface area contributed by atoms with Gasteiger partial charge in [0.1, 0.15) is 29.9 Å². The van der Waals surface area contributed by atoms with Crippen LogP contribution in [0.2, 0.25) is 0 Å². The highest BCUT2D eigenvalue weighted by atomic mass is 16.4. The van der Waals surface area contributed by atoms with E-state index in [1.54, 1.807) is 24.3 Å². The van der Waals surface area contributed by atoms with Crippen LogP contribution in [0.5, 0.6) is 5.75 Å². The predicted molar refractivity (Wildman–Crippen MR) is 233 cm³/mol. The monoisotopic (exact) mass is 829 g/mol. The molecule has 3 rings (SSSR count). The lowest BCUT2D eigenvalue weighted by Crippen LogP contribution is -2.59. The first kappa shape index (κ1) is 49.1. The molecule has 3 aromatic carbocycles. The summed E-state index contributed by atoms with van der Waals surface area (Å²) in [7, 11) is -0.363. The molecule has 0 aromatic heterocycles. The van der Waals surface area contributed by atoms with Crippen LogP contribution in [0.3, 0.4) is 0 Å². The summed E-state index contributed by atoms with van der Waals surface area (Å²) in [4.78, 5) is 69.7. The van der Waals surface area contributed by atoms with Crippen molar-refractivity contribution in [3.8, 4) is 16.9 Å². The number of amides is 5. The fourth-order valence-electron chi connectivity index (χ4n) is 6.54. The third-order valence-corrected chi connectivity index (χ3v) is 10.4. The maximum absolute atomic E-state index is 14.3. The molecular formula is C44H64BN7O8. The van der Waals surface area contributed by atoms with E-state index >= 15 is 0 Å². The molecule has 60 heavy (non-hydrogen) atoms. The van der Waals surface area contributed by atoms with Crippen LogP contribution in [0.25, 0.3) is 11.1 Å². The van der Waals surface area contributed by atoms with Crippen LogP contribution in [0.1, 0.15) is 93.6 Å². The van der Waals surface area contributed by atoms with Crippen LogP contribution in [0.15, 0.2) is 72.8 Å². The minimum Gasteiger partial charge on any atom is -0.508 e. The van der Waals surface area contributed by atoms with E-state index in [9.17, 15) is 39.1 Å². The smallest absolute Gasteiger partial charge is 0.475 e. The van der Waals surface area contributed by atoms with E-state index in [4.69, 9.17) is 11.5 Å². The van der Waals surface area contributed by atoms with Crippen LogP contribution < -0.4 is 32.7 Å². The Morgan fingerprint density at radius 3 is 1.77 bits per heavy atom. The summed E-state index contributed by atoms with van der Waals surface area (Å²) in [5, 5.41) is 39.5. The van der Waals surface area contributed by atoms with E-state index in [-0.39, 0.29) is 25.0 Å². The van der Waals surface area contributed by atoms with Gasteiger partial charge in [-0.1, -0.05) is 61.9 Å². The average Bonchev–Trinajstić information content (AvgIpc) is 3.24. The van der Waals surface area contributed by atoms with Gasteiger partial charge in [0.05, 0.1) is 5.94 Å². The highest BCUT2D eigenvalue weighted by molar-refractivity contribution is 6.43. The summed E-state index contributed by atoms with van der Waals surface area (Å²) in [6.07, 6.45) is 5.93. The molecule has 0 aliphatic rings. The molecule has 5 atom stereocenters. The van der Waals surface area contributed by atoms with Gasteiger partial charge in [0, 0.05) is 19.0 Å². The second-order valence-corrected chi connectivity index (χ2v) is 15.3. The lowest BCUT2D eigenvalue weighted by atomic mass is 9.81. The Labute approximate surface area is 354 Å². The maximum Gasteiger partial charge on any atom is 0.475 e. The van der Waals surface area contributed by atoms with Crippen molar-refractivity contribution in [1.82, 2.24) is 26.2 Å². The second-order valence-electron chi connectivity index (χ2n) is 15.3. The number of hydrogen-bond donors (Lipinski definition) is 9. The fourth-order valence-corrected chi connectivity index (χ4v) is 6.54. The first-order chi connectivity index (χ1) is 28.7. The molecule has 0 spiro atoms. The number of nitrogens with zero attached hydrogens (tertiary/aromatic N) is 1. The van der Waals surface area contributed by atoms with Gasteiger partial charge in [0.25, 0.3) is 5.91 Å². The molecule has 0 radical (unpaired) electrons. The Kier molecular flexibility index (Phi) is 20.7. The van der Waals surface area contributed by atoms with Crippen molar-refractivity contribution in [2.75, 3.05) is 20.1 Å². The normalized spacial score (nSPS) is 13.5. The Morgan fingerprint density at radius 1 is 0.667 bits per heavy atom. The lowest BCUT2D eigenvalue weighted by Gasteiger charge is -2.32. The number of rotatable bonds is 25. The molecule has 0 aliphatic carbocycles. The number of aryl methyl sites for hydroxylation is 1. The van der Waals surface area contributed by atoms with E-state index in [0.717, 1.165) is 30.4 Å². The third-order valence-electron chi connectivity index (χ3n) is 10.4. The molecule has 0 heterocycles. The van der Waals surface area contributed by atoms with Gasteiger partial charge in [0.15, 0.2) is 0 Å². The minimum absolute atomic E-state index is 0.00129. The number of carbonyl (C=O) groups is 5. The number of aromatic hydroxyl groups is 1. The maximum atomic E-state index is 14.3. The van der Waals surface area contributed by atoms with Gasteiger partial charge in [-0.3, -0.25) is 24.0 Å². The van der Waals surface area contributed by atoms with E-state index in [1.807, 2.05) is 12.1 Å². The van der Waals surface area contributed by atoms with Crippen molar-refractivity contribution in [2.24, 2.45) is 11.5 Å². The summed E-state index contributed by atoms with van der Waals surface area (Å²) in [6.45, 7) is 5.75. The third kappa shape index (κ3) is 15.7. The van der Waals surface area contributed by atoms with Crippen LogP contribution in [-0.4, -0.2) is 107 Å². The second kappa shape index (κ2) is 25.4. The summed E-state index contributed by atoms with van der Waals surface area (Å²) in [5.41, 5.74) is 15.6. The molecular weight excluding hydrogens is 765 g/mol. The number of unbranched alkanes of at least 4 members (excludes halogenated alkanes) is 3. The number of benzene rings is 3. The van der Waals surface area contributed by atoms with Crippen LogP contribution in [-0.2, 0) is 32.0 Å². The van der Waals surface area contributed by atoms with Crippen molar-refractivity contribution in [2.45, 2.75) is 115 Å². The minimum atomic E-state index is -1.82. The number of carbonyl (C=O) groups excluding carboxylic acids is 5. The molecule has 0 bridgehead atoms. The van der Waals surface area contributed by atoms with E-state index in [1.165, 1.54) is 43.5 Å². The molecule has 15 nitrogen and oxygen atoms in total. The summed E-state index contributed by atoms with van der Waals surface area (Å²) in [5.74, 6) is -4.00. The number of nitrogens with one attached hydrogen (secondary N) is 4. The number of nitrogens with two attached hydrogens (primary N) is 2.